The van der Waals surface area contributed by atoms with E-state index in [0.29, 0.717) is 25.9 Å². The van der Waals surface area contributed by atoms with Crippen molar-refractivity contribution in [1.82, 2.24) is 4.90 Å². The van der Waals surface area contributed by atoms with Crippen LogP contribution in [-0.4, -0.2) is 47.6 Å². The highest BCUT2D eigenvalue weighted by Crippen LogP contribution is 2.17. The highest BCUT2D eigenvalue weighted by atomic mass is 16.4. The average Bonchev–Trinajstić information content (AvgIpc) is 2.65. The van der Waals surface area contributed by atoms with Crippen molar-refractivity contribution in [3.63, 3.8) is 0 Å². The van der Waals surface area contributed by atoms with Crippen LogP contribution >= 0.6 is 0 Å². The number of unbranched alkanes of at least 4 members (excludes halogenated alkanes) is 1. The van der Waals surface area contributed by atoms with Crippen LogP contribution in [0.1, 0.15) is 25.7 Å². The Morgan fingerprint density at radius 1 is 1.53 bits per heavy atom. The third-order valence-electron chi connectivity index (χ3n) is 3.14. The van der Waals surface area contributed by atoms with Crippen LogP contribution in [0.3, 0.4) is 0 Å². The van der Waals surface area contributed by atoms with Gasteiger partial charge in [0.25, 0.3) is 0 Å². The monoisotopic (exact) mass is 243 g/mol. The second-order valence-corrected chi connectivity index (χ2v) is 4.59. The van der Waals surface area contributed by atoms with E-state index >= 15 is 0 Å². The largest absolute Gasteiger partial charge is 0.480 e. The number of carboxylic acid groups (broad SMARTS) is 1. The number of carbonyl (C=O) groups excluding carboxylic acids is 1. The predicted molar refractivity (Wildman–Crippen MR) is 63.2 cm³/mol. The summed E-state index contributed by atoms with van der Waals surface area (Å²) in [6.45, 7) is 1.97. The number of nitrogens with zero attached hydrogens (tertiary/aromatic N) is 1. The first-order valence-corrected chi connectivity index (χ1v) is 6.00. The summed E-state index contributed by atoms with van der Waals surface area (Å²) in [5, 5.41) is 8.60. The van der Waals surface area contributed by atoms with Gasteiger partial charge in [-0.3, -0.25) is 9.59 Å². The molecule has 0 aromatic rings. The minimum atomic E-state index is -0.967. The van der Waals surface area contributed by atoms with Crippen molar-refractivity contribution < 1.29 is 14.7 Å². The predicted octanol–water partition coefficient (Wildman–Crippen LogP) is -0.624. The highest BCUT2D eigenvalue weighted by molar-refractivity contribution is 5.78. The Labute approximate surface area is 101 Å². The zero-order valence-corrected chi connectivity index (χ0v) is 9.97. The number of hydrogen-bond donors (Lipinski definition) is 3. The fraction of sp³-hybridized carbons (Fsp3) is 0.818. The molecular formula is C11H21N3O3. The zero-order valence-electron chi connectivity index (χ0n) is 9.97. The van der Waals surface area contributed by atoms with Gasteiger partial charge in [-0.1, -0.05) is 0 Å². The van der Waals surface area contributed by atoms with Crippen LogP contribution < -0.4 is 11.5 Å². The van der Waals surface area contributed by atoms with Crippen molar-refractivity contribution in [2.75, 3.05) is 19.6 Å². The Hall–Kier alpha value is -1.14. The van der Waals surface area contributed by atoms with E-state index < -0.39 is 12.0 Å². The standard InChI is InChI=1S/C11H21N3O3/c12-6-8-5-10(15)14(7-8)4-2-1-3-9(13)11(16)17/h8-9H,1-7,12-13H2,(H,16,17). The van der Waals surface area contributed by atoms with E-state index in [9.17, 15) is 9.59 Å². The molecule has 0 spiro atoms. The molecule has 0 aromatic heterocycles. The third-order valence-corrected chi connectivity index (χ3v) is 3.14. The molecule has 6 heteroatoms. The SMILES string of the molecule is NCC1CC(=O)N(CCCCC(N)C(=O)O)C1. The molecule has 98 valence electrons. The summed E-state index contributed by atoms with van der Waals surface area (Å²) in [5.41, 5.74) is 10.9. The molecule has 2 unspecified atom stereocenters. The Morgan fingerprint density at radius 2 is 2.24 bits per heavy atom. The van der Waals surface area contributed by atoms with Gasteiger partial charge in [-0.15, -0.1) is 0 Å². The maximum absolute atomic E-state index is 11.5. The van der Waals surface area contributed by atoms with Gasteiger partial charge in [-0.05, 0) is 31.7 Å². The van der Waals surface area contributed by atoms with Crippen LogP contribution in [0.5, 0.6) is 0 Å². The molecule has 6 nitrogen and oxygen atoms in total. The number of hydrogen-bond acceptors (Lipinski definition) is 4. The molecule has 1 amide bonds. The van der Waals surface area contributed by atoms with Crippen molar-refractivity contribution in [2.45, 2.75) is 31.7 Å². The summed E-state index contributed by atoms with van der Waals surface area (Å²) < 4.78 is 0. The quantitative estimate of drug-likeness (QED) is 0.516. The van der Waals surface area contributed by atoms with Crippen molar-refractivity contribution in [1.29, 1.82) is 0 Å². The topological polar surface area (TPSA) is 110 Å². The van der Waals surface area contributed by atoms with Crippen LogP contribution in [0, 0.1) is 5.92 Å². The zero-order chi connectivity index (χ0) is 12.8. The Kier molecular flexibility index (Phi) is 5.37. The third kappa shape index (κ3) is 4.32. The Morgan fingerprint density at radius 3 is 2.76 bits per heavy atom. The van der Waals surface area contributed by atoms with Crippen LogP contribution in [-0.2, 0) is 9.59 Å². The Balaban J connectivity index is 2.15. The fourth-order valence-electron chi connectivity index (χ4n) is 2.02. The summed E-state index contributed by atoms with van der Waals surface area (Å²) in [7, 11) is 0. The van der Waals surface area contributed by atoms with Gasteiger partial charge in [0.2, 0.25) is 5.91 Å². The highest BCUT2D eigenvalue weighted by Gasteiger charge is 2.27. The maximum Gasteiger partial charge on any atom is 0.320 e. The average molecular weight is 243 g/mol. The van der Waals surface area contributed by atoms with E-state index in [-0.39, 0.29) is 11.8 Å². The van der Waals surface area contributed by atoms with Crippen LogP contribution in [0.15, 0.2) is 0 Å². The number of carbonyl (C=O) groups is 2. The number of rotatable bonds is 7. The van der Waals surface area contributed by atoms with Gasteiger partial charge < -0.3 is 21.5 Å². The number of carboxylic acids is 1. The van der Waals surface area contributed by atoms with Gasteiger partial charge in [-0.2, -0.15) is 0 Å². The summed E-state index contributed by atoms with van der Waals surface area (Å²) in [6.07, 6.45) is 2.53. The smallest absolute Gasteiger partial charge is 0.320 e. The van der Waals surface area contributed by atoms with Gasteiger partial charge in [0.05, 0.1) is 0 Å². The number of aliphatic carboxylic acids is 1. The molecular weight excluding hydrogens is 222 g/mol. The molecule has 17 heavy (non-hydrogen) atoms. The summed E-state index contributed by atoms with van der Waals surface area (Å²) >= 11 is 0. The van der Waals surface area contributed by atoms with Gasteiger partial charge in [0.15, 0.2) is 0 Å². The maximum atomic E-state index is 11.5. The van der Waals surface area contributed by atoms with Gasteiger partial charge in [0, 0.05) is 19.5 Å². The summed E-state index contributed by atoms with van der Waals surface area (Å²) in [6, 6.07) is -0.791. The lowest BCUT2D eigenvalue weighted by atomic mass is 10.1. The lowest BCUT2D eigenvalue weighted by Gasteiger charge is -2.16. The van der Waals surface area contributed by atoms with E-state index in [1.807, 2.05) is 4.90 Å². The van der Waals surface area contributed by atoms with Gasteiger partial charge >= 0.3 is 5.97 Å². The molecule has 2 atom stereocenters. The molecule has 1 aliphatic heterocycles. The van der Waals surface area contributed by atoms with Crippen LogP contribution in [0.25, 0.3) is 0 Å². The van der Waals surface area contributed by atoms with Gasteiger partial charge in [0.1, 0.15) is 6.04 Å². The number of likely N-dealkylation sites (tertiary alicyclic amines) is 1. The molecule has 0 aromatic carbocycles. The first-order valence-electron chi connectivity index (χ1n) is 6.00. The van der Waals surface area contributed by atoms with E-state index in [4.69, 9.17) is 16.6 Å². The summed E-state index contributed by atoms with van der Waals surface area (Å²) in [5.74, 6) is -0.530. The lowest BCUT2D eigenvalue weighted by molar-refractivity contribution is -0.138. The number of amides is 1. The van der Waals surface area contributed by atoms with Crippen molar-refractivity contribution >= 4 is 11.9 Å². The van der Waals surface area contributed by atoms with Crippen molar-refractivity contribution in [3.8, 4) is 0 Å². The summed E-state index contributed by atoms with van der Waals surface area (Å²) in [4.78, 5) is 23.8. The second-order valence-electron chi connectivity index (χ2n) is 4.59. The normalized spacial score (nSPS) is 21.9. The van der Waals surface area contributed by atoms with E-state index in [0.717, 1.165) is 19.4 Å². The second kappa shape index (κ2) is 6.56. The first-order chi connectivity index (χ1) is 8.04. The molecule has 1 heterocycles. The fourth-order valence-corrected chi connectivity index (χ4v) is 2.02. The molecule has 0 aliphatic carbocycles. The van der Waals surface area contributed by atoms with E-state index in [2.05, 4.69) is 0 Å². The molecule has 1 saturated heterocycles. The first kappa shape index (κ1) is 13.9. The molecule has 1 rings (SSSR count). The van der Waals surface area contributed by atoms with Crippen LogP contribution in [0.4, 0.5) is 0 Å². The van der Waals surface area contributed by atoms with Gasteiger partial charge in [-0.25, -0.2) is 0 Å². The minimum Gasteiger partial charge on any atom is -0.480 e. The minimum absolute atomic E-state index is 0.156. The van der Waals surface area contributed by atoms with E-state index in [1.54, 1.807) is 0 Å². The lowest BCUT2D eigenvalue weighted by Crippen LogP contribution is -2.31. The molecule has 1 aliphatic rings. The van der Waals surface area contributed by atoms with Crippen molar-refractivity contribution in [2.24, 2.45) is 17.4 Å². The molecule has 0 saturated carbocycles. The number of nitrogens with two attached hydrogens (primary N) is 2. The van der Waals surface area contributed by atoms with Crippen LogP contribution in [0.2, 0.25) is 0 Å². The molecule has 1 fully saturated rings. The van der Waals surface area contributed by atoms with E-state index in [1.165, 1.54) is 0 Å². The molecule has 0 radical (unpaired) electrons. The molecule has 0 bridgehead atoms. The van der Waals surface area contributed by atoms with Crippen molar-refractivity contribution in [3.05, 3.63) is 0 Å². The molecule has 5 N–H and O–H groups in total. The Bertz CT molecular complexity index is 283.